The average molecular weight is 358 g/mol. The fourth-order valence-electron chi connectivity index (χ4n) is 2.73. The molecule has 0 aliphatic heterocycles. The summed E-state index contributed by atoms with van der Waals surface area (Å²) in [5, 5.41) is 2.59. The van der Waals surface area contributed by atoms with Crippen molar-refractivity contribution in [3.05, 3.63) is 55.8 Å². The van der Waals surface area contributed by atoms with Crippen molar-refractivity contribution in [2.24, 2.45) is 14.1 Å². The molecule has 0 spiro atoms. The molecule has 0 unspecified atom stereocenters. The van der Waals surface area contributed by atoms with Crippen LogP contribution in [0.4, 0.5) is 5.69 Å². The molecular weight excluding hydrogens is 340 g/mol. The standard InChI is InChI=1S/C16H18N6O4/c1-4-21-7-10(5-6-12(21)24)18-11(23)8-22-15(25)13-14(17-9-19(13)2)20(3)16(22)26/h5-7,9H,4,8H2,1-3H3,(H,18,23). The third kappa shape index (κ3) is 2.85. The first kappa shape index (κ1) is 17.4. The van der Waals surface area contributed by atoms with E-state index in [-0.39, 0.29) is 16.7 Å². The topological polar surface area (TPSA) is 113 Å². The maximum atomic E-state index is 12.6. The lowest BCUT2D eigenvalue weighted by atomic mass is 10.4. The summed E-state index contributed by atoms with van der Waals surface area (Å²) in [6.07, 6.45) is 2.94. The number of nitrogens with one attached hydrogen (secondary N) is 1. The minimum atomic E-state index is -0.630. The molecule has 1 amide bonds. The Morgan fingerprint density at radius 2 is 1.92 bits per heavy atom. The first-order valence-corrected chi connectivity index (χ1v) is 7.94. The van der Waals surface area contributed by atoms with Crippen molar-refractivity contribution >= 4 is 22.8 Å². The van der Waals surface area contributed by atoms with Crippen LogP contribution in [0.5, 0.6) is 0 Å². The van der Waals surface area contributed by atoms with E-state index < -0.39 is 23.7 Å². The molecule has 10 heteroatoms. The van der Waals surface area contributed by atoms with Gasteiger partial charge in [-0.3, -0.25) is 19.0 Å². The van der Waals surface area contributed by atoms with Gasteiger partial charge in [0.05, 0.1) is 12.0 Å². The summed E-state index contributed by atoms with van der Waals surface area (Å²) in [6.45, 7) is 1.82. The fourth-order valence-corrected chi connectivity index (χ4v) is 2.73. The molecule has 0 aromatic carbocycles. The average Bonchev–Trinajstić information content (AvgIpc) is 3.00. The van der Waals surface area contributed by atoms with E-state index in [0.29, 0.717) is 12.2 Å². The highest BCUT2D eigenvalue weighted by Gasteiger charge is 2.17. The zero-order valence-corrected chi connectivity index (χ0v) is 14.6. The van der Waals surface area contributed by atoms with E-state index in [4.69, 9.17) is 0 Å². The van der Waals surface area contributed by atoms with Crippen molar-refractivity contribution in [1.29, 1.82) is 0 Å². The summed E-state index contributed by atoms with van der Waals surface area (Å²) in [5.74, 6) is -0.549. The highest BCUT2D eigenvalue weighted by molar-refractivity contribution is 5.90. The van der Waals surface area contributed by atoms with Crippen LogP contribution in [-0.4, -0.2) is 29.2 Å². The van der Waals surface area contributed by atoms with Crippen LogP contribution in [0.15, 0.2) is 39.0 Å². The Morgan fingerprint density at radius 1 is 1.19 bits per heavy atom. The number of aryl methyl sites for hydroxylation is 3. The third-order valence-electron chi connectivity index (χ3n) is 4.11. The first-order valence-electron chi connectivity index (χ1n) is 7.94. The molecule has 0 saturated heterocycles. The second kappa shape index (κ2) is 6.47. The largest absolute Gasteiger partial charge is 0.332 e. The van der Waals surface area contributed by atoms with E-state index >= 15 is 0 Å². The Morgan fingerprint density at radius 3 is 2.62 bits per heavy atom. The van der Waals surface area contributed by atoms with Gasteiger partial charge in [0.1, 0.15) is 6.54 Å². The number of rotatable bonds is 4. The lowest BCUT2D eigenvalue weighted by Gasteiger charge is -2.10. The second-order valence-corrected chi connectivity index (χ2v) is 5.85. The predicted octanol–water partition coefficient (Wildman–Crippen LogP) is -0.746. The highest BCUT2D eigenvalue weighted by atomic mass is 16.2. The Labute approximate surface area is 146 Å². The predicted molar refractivity (Wildman–Crippen MR) is 95.2 cm³/mol. The lowest BCUT2D eigenvalue weighted by Crippen LogP contribution is -2.42. The summed E-state index contributed by atoms with van der Waals surface area (Å²) < 4.78 is 5.02. The molecule has 3 heterocycles. The molecule has 10 nitrogen and oxygen atoms in total. The van der Waals surface area contributed by atoms with Crippen molar-refractivity contribution in [3.8, 4) is 0 Å². The van der Waals surface area contributed by atoms with E-state index in [0.717, 1.165) is 4.57 Å². The minimum Gasteiger partial charge on any atom is -0.328 e. The van der Waals surface area contributed by atoms with Crippen LogP contribution in [0.1, 0.15) is 6.92 Å². The summed E-state index contributed by atoms with van der Waals surface area (Å²) in [5.41, 5.74) is -0.500. The van der Waals surface area contributed by atoms with Crippen LogP contribution >= 0.6 is 0 Å². The van der Waals surface area contributed by atoms with Gasteiger partial charge in [0, 0.05) is 32.9 Å². The molecule has 26 heavy (non-hydrogen) atoms. The van der Waals surface area contributed by atoms with Gasteiger partial charge in [-0.05, 0) is 13.0 Å². The highest BCUT2D eigenvalue weighted by Crippen LogP contribution is 2.05. The van der Waals surface area contributed by atoms with Gasteiger partial charge >= 0.3 is 5.69 Å². The van der Waals surface area contributed by atoms with E-state index in [2.05, 4.69) is 10.3 Å². The molecule has 0 aliphatic rings. The van der Waals surface area contributed by atoms with Gasteiger partial charge in [0.25, 0.3) is 11.1 Å². The van der Waals surface area contributed by atoms with Gasteiger partial charge < -0.3 is 14.5 Å². The summed E-state index contributed by atoms with van der Waals surface area (Å²) in [4.78, 5) is 52.9. The van der Waals surface area contributed by atoms with Crippen molar-refractivity contribution in [1.82, 2.24) is 23.3 Å². The SMILES string of the molecule is CCn1cc(NC(=O)Cn2c(=O)c3c(ncn3C)n(C)c2=O)ccc1=O. The molecule has 3 aromatic heterocycles. The van der Waals surface area contributed by atoms with Crippen LogP contribution < -0.4 is 22.1 Å². The second-order valence-electron chi connectivity index (χ2n) is 5.85. The summed E-state index contributed by atoms with van der Waals surface area (Å²) in [7, 11) is 3.13. The van der Waals surface area contributed by atoms with Gasteiger partial charge in [0.15, 0.2) is 11.2 Å². The first-order chi connectivity index (χ1) is 12.3. The molecule has 136 valence electrons. The van der Waals surface area contributed by atoms with Crippen LogP contribution in [-0.2, 0) is 32.0 Å². The zero-order valence-electron chi connectivity index (χ0n) is 14.6. The molecule has 1 N–H and O–H groups in total. The number of fused-ring (bicyclic) bond motifs is 1. The number of hydrogen-bond acceptors (Lipinski definition) is 5. The molecule has 3 aromatic rings. The molecule has 0 fully saturated rings. The molecule has 0 aliphatic carbocycles. The maximum absolute atomic E-state index is 12.6. The number of nitrogens with zero attached hydrogens (tertiary/aromatic N) is 5. The molecule has 0 radical (unpaired) electrons. The molecule has 3 rings (SSSR count). The van der Waals surface area contributed by atoms with Crippen molar-refractivity contribution in [2.75, 3.05) is 5.32 Å². The summed E-state index contributed by atoms with van der Waals surface area (Å²) >= 11 is 0. The van der Waals surface area contributed by atoms with Gasteiger partial charge in [0.2, 0.25) is 5.91 Å². The third-order valence-corrected chi connectivity index (χ3v) is 4.11. The number of carbonyl (C=O) groups excluding carboxylic acids is 1. The zero-order chi connectivity index (χ0) is 19.0. The Bertz CT molecular complexity index is 1180. The van der Waals surface area contributed by atoms with Gasteiger partial charge in [-0.2, -0.15) is 0 Å². The Balaban J connectivity index is 1.95. The Hall–Kier alpha value is -3.43. The van der Waals surface area contributed by atoms with Gasteiger partial charge in [-0.25, -0.2) is 14.3 Å². The monoisotopic (exact) mass is 358 g/mol. The number of hydrogen-bond donors (Lipinski definition) is 1. The van der Waals surface area contributed by atoms with Gasteiger partial charge in [-0.1, -0.05) is 0 Å². The number of amides is 1. The van der Waals surface area contributed by atoms with Gasteiger partial charge in [-0.15, -0.1) is 0 Å². The smallest absolute Gasteiger partial charge is 0.328 e. The summed E-state index contributed by atoms with van der Waals surface area (Å²) in [6, 6.07) is 2.81. The quantitative estimate of drug-likeness (QED) is 0.660. The van der Waals surface area contributed by atoms with Crippen LogP contribution in [0.2, 0.25) is 0 Å². The molecule has 0 bridgehead atoms. The lowest BCUT2D eigenvalue weighted by molar-refractivity contribution is -0.116. The van der Waals surface area contributed by atoms with E-state index in [9.17, 15) is 19.2 Å². The van der Waals surface area contributed by atoms with Crippen LogP contribution in [0, 0.1) is 0 Å². The number of anilines is 1. The fraction of sp³-hybridized carbons (Fsp3) is 0.312. The maximum Gasteiger partial charge on any atom is 0.332 e. The Kier molecular flexibility index (Phi) is 4.33. The number of pyridine rings is 1. The van der Waals surface area contributed by atoms with E-state index in [1.54, 1.807) is 14.0 Å². The van der Waals surface area contributed by atoms with Crippen LogP contribution in [0.3, 0.4) is 0 Å². The van der Waals surface area contributed by atoms with Crippen molar-refractivity contribution in [3.63, 3.8) is 0 Å². The number of aromatic nitrogens is 5. The molecular formula is C16H18N6O4. The van der Waals surface area contributed by atoms with Crippen molar-refractivity contribution < 1.29 is 4.79 Å². The normalized spacial score (nSPS) is 11.0. The minimum absolute atomic E-state index is 0.183. The number of imidazole rings is 1. The van der Waals surface area contributed by atoms with Crippen molar-refractivity contribution in [2.45, 2.75) is 20.0 Å². The van der Waals surface area contributed by atoms with E-state index in [1.165, 1.54) is 45.4 Å². The number of carbonyl (C=O) groups is 1. The van der Waals surface area contributed by atoms with E-state index in [1.807, 2.05) is 0 Å². The van der Waals surface area contributed by atoms with Crippen LogP contribution in [0.25, 0.3) is 11.2 Å². The molecule has 0 saturated carbocycles. The molecule has 0 atom stereocenters.